The number of rotatable bonds is 6. The van der Waals surface area contributed by atoms with Gasteiger partial charge in [-0.3, -0.25) is 9.67 Å². The van der Waals surface area contributed by atoms with Gasteiger partial charge in [-0.05, 0) is 79.2 Å². The fourth-order valence-electron chi connectivity index (χ4n) is 3.95. The van der Waals surface area contributed by atoms with Crippen molar-refractivity contribution in [2.45, 2.75) is 79.4 Å². The molecular formula is C23H42N6O2. The summed E-state index contributed by atoms with van der Waals surface area (Å²) in [7, 11) is 1.99. The van der Waals surface area contributed by atoms with Gasteiger partial charge in [-0.1, -0.05) is 0 Å². The van der Waals surface area contributed by atoms with E-state index < -0.39 is 5.60 Å². The third-order valence-corrected chi connectivity index (χ3v) is 5.57. The lowest BCUT2D eigenvalue weighted by Gasteiger charge is -2.33. The van der Waals surface area contributed by atoms with E-state index in [1.54, 1.807) is 0 Å². The molecule has 8 nitrogen and oxygen atoms in total. The van der Waals surface area contributed by atoms with Crippen LogP contribution in [0, 0.1) is 19.8 Å². The first-order valence-electron chi connectivity index (χ1n) is 11.5. The van der Waals surface area contributed by atoms with Crippen molar-refractivity contribution >= 4 is 12.1 Å². The second-order valence-corrected chi connectivity index (χ2v) is 9.68. The van der Waals surface area contributed by atoms with Gasteiger partial charge < -0.3 is 20.3 Å². The Hall–Kier alpha value is -2.25. The fraction of sp³-hybridized carbons (Fsp3) is 0.783. The van der Waals surface area contributed by atoms with Gasteiger partial charge in [-0.15, -0.1) is 0 Å². The summed E-state index contributed by atoms with van der Waals surface area (Å²) in [5.41, 5.74) is 3.11. The highest BCUT2D eigenvalue weighted by Crippen LogP contribution is 2.20. The smallest absolute Gasteiger partial charge is 0.410 e. The van der Waals surface area contributed by atoms with Crippen molar-refractivity contribution in [1.29, 1.82) is 0 Å². The van der Waals surface area contributed by atoms with Crippen molar-refractivity contribution in [3.63, 3.8) is 0 Å². The molecule has 1 aliphatic rings. The van der Waals surface area contributed by atoms with E-state index >= 15 is 0 Å². The van der Waals surface area contributed by atoms with E-state index in [0.717, 1.165) is 44.0 Å². The second kappa shape index (κ2) is 10.9. The summed E-state index contributed by atoms with van der Waals surface area (Å²) >= 11 is 0. The van der Waals surface area contributed by atoms with Crippen LogP contribution in [0.25, 0.3) is 0 Å². The van der Waals surface area contributed by atoms with Gasteiger partial charge in [0.25, 0.3) is 0 Å². The Morgan fingerprint density at radius 2 is 2.06 bits per heavy atom. The van der Waals surface area contributed by atoms with E-state index in [9.17, 15) is 4.79 Å². The molecule has 2 heterocycles. The Morgan fingerprint density at radius 1 is 1.35 bits per heavy atom. The largest absolute Gasteiger partial charge is 0.444 e. The lowest BCUT2D eigenvalue weighted by Crippen LogP contribution is -2.45. The highest BCUT2D eigenvalue weighted by Gasteiger charge is 2.27. The topological polar surface area (TPSA) is 83.8 Å². The molecule has 1 saturated heterocycles. The Bertz CT molecular complexity index is 765. The van der Waals surface area contributed by atoms with Crippen molar-refractivity contribution in [2.75, 3.05) is 26.2 Å². The first kappa shape index (κ1) is 25.0. The van der Waals surface area contributed by atoms with Gasteiger partial charge in [0.1, 0.15) is 5.60 Å². The molecule has 8 heteroatoms. The van der Waals surface area contributed by atoms with E-state index in [2.05, 4.69) is 43.4 Å². The Morgan fingerprint density at radius 3 is 2.65 bits per heavy atom. The number of carbonyl (C=O) groups excluding carboxylic acids is 1. The molecule has 0 bridgehead atoms. The first-order valence-corrected chi connectivity index (χ1v) is 11.5. The molecule has 31 heavy (non-hydrogen) atoms. The summed E-state index contributed by atoms with van der Waals surface area (Å²) in [5.74, 6) is 1.17. The van der Waals surface area contributed by atoms with Gasteiger partial charge in [0.2, 0.25) is 0 Å². The summed E-state index contributed by atoms with van der Waals surface area (Å²) in [6.07, 6.45) is 2.73. The number of ether oxygens (including phenoxy) is 1. The van der Waals surface area contributed by atoms with Gasteiger partial charge in [0.05, 0.1) is 5.69 Å². The van der Waals surface area contributed by atoms with E-state index in [1.165, 1.54) is 11.3 Å². The minimum atomic E-state index is -0.467. The molecule has 1 amide bonds. The predicted octanol–water partition coefficient (Wildman–Crippen LogP) is 3.17. The van der Waals surface area contributed by atoms with Crippen LogP contribution in [0.3, 0.4) is 0 Å². The van der Waals surface area contributed by atoms with Gasteiger partial charge in [-0.25, -0.2) is 4.79 Å². The lowest BCUT2D eigenvalue weighted by molar-refractivity contribution is 0.0170. The maximum atomic E-state index is 12.4. The van der Waals surface area contributed by atoms with Crippen molar-refractivity contribution in [1.82, 2.24) is 25.3 Å². The minimum absolute atomic E-state index is 0.220. The molecule has 0 aliphatic carbocycles. The van der Waals surface area contributed by atoms with Crippen molar-refractivity contribution in [2.24, 2.45) is 18.0 Å². The number of hydrogen-bond donors (Lipinski definition) is 2. The molecule has 0 spiro atoms. The SMILES string of the molecule is CCNC(=NCC1CCCN(C(=O)OC(C)(C)C)C1)NC(C)Cc1c(C)nn(C)c1C. The highest BCUT2D eigenvalue weighted by molar-refractivity contribution is 5.80. The number of piperidine rings is 1. The van der Waals surface area contributed by atoms with Crippen molar-refractivity contribution in [3.05, 3.63) is 17.0 Å². The van der Waals surface area contributed by atoms with E-state index in [4.69, 9.17) is 9.73 Å². The van der Waals surface area contributed by atoms with Crippen molar-refractivity contribution < 1.29 is 9.53 Å². The third kappa shape index (κ3) is 7.74. The molecule has 1 aromatic rings. The number of aryl methyl sites for hydroxylation is 2. The van der Waals surface area contributed by atoms with Gasteiger partial charge in [-0.2, -0.15) is 5.10 Å². The molecule has 1 aliphatic heterocycles. The van der Waals surface area contributed by atoms with Gasteiger partial charge >= 0.3 is 6.09 Å². The minimum Gasteiger partial charge on any atom is -0.444 e. The van der Waals surface area contributed by atoms with Crippen LogP contribution >= 0.6 is 0 Å². The van der Waals surface area contributed by atoms with Crippen LogP contribution in [0.1, 0.15) is 64.4 Å². The van der Waals surface area contributed by atoms with E-state index in [-0.39, 0.29) is 12.1 Å². The van der Waals surface area contributed by atoms with Gasteiger partial charge in [0.15, 0.2) is 5.96 Å². The molecule has 1 aromatic heterocycles. The average molecular weight is 435 g/mol. The molecule has 0 radical (unpaired) electrons. The molecule has 176 valence electrons. The predicted molar refractivity (Wildman–Crippen MR) is 125 cm³/mol. The Balaban J connectivity index is 1.94. The first-order chi connectivity index (χ1) is 14.5. The number of nitrogens with one attached hydrogen (secondary N) is 2. The molecule has 2 N–H and O–H groups in total. The van der Waals surface area contributed by atoms with Crippen LogP contribution in [-0.4, -0.2) is 64.6 Å². The van der Waals surface area contributed by atoms with Gasteiger partial charge in [0, 0.05) is 45.0 Å². The maximum absolute atomic E-state index is 12.4. The highest BCUT2D eigenvalue weighted by atomic mass is 16.6. The molecule has 1 fully saturated rings. The van der Waals surface area contributed by atoms with E-state index in [1.807, 2.05) is 37.4 Å². The zero-order valence-corrected chi connectivity index (χ0v) is 20.7. The van der Waals surface area contributed by atoms with Crippen LogP contribution in [0.5, 0.6) is 0 Å². The molecule has 2 rings (SSSR count). The number of guanidine groups is 1. The Kier molecular flexibility index (Phi) is 8.77. The second-order valence-electron chi connectivity index (χ2n) is 9.68. The molecule has 2 unspecified atom stereocenters. The molecular weight excluding hydrogens is 392 g/mol. The van der Waals surface area contributed by atoms with E-state index in [0.29, 0.717) is 19.0 Å². The molecule has 0 saturated carbocycles. The monoisotopic (exact) mass is 434 g/mol. The number of carbonyl (C=O) groups is 1. The number of nitrogens with zero attached hydrogens (tertiary/aromatic N) is 4. The zero-order chi connectivity index (χ0) is 23.2. The summed E-state index contributed by atoms with van der Waals surface area (Å²) in [6, 6.07) is 0.226. The summed E-state index contributed by atoms with van der Waals surface area (Å²) in [6.45, 7) is 17.1. The maximum Gasteiger partial charge on any atom is 0.410 e. The average Bonchev–Trinajstić information content (AvgIpc) is 2.91. The standard InChI is InChI=1S/C23H42N6O2/c1-9-24-21(26-16(2)13-20-17(3)27-28(8)18(20)4)25-14-19-11-10-12-29(15-19)22(30)31-23(5,6)7/h16,19H,9-15H2,1-8H3,(H2,24,25,26). The summed E-state index contributed by atoms with van der Waals surface area (Å²) < 4.78 is 7.48. The third-order valence-electron chi connectivity index (χ3n) is 5.57. The van der Waals surface area contributed by atoms with Crippen LogP contribution in [0.15, 0.2) is 4.99 Å². The number of aromatic nitrogens is 2. The summed E-state index contributed by atoms with van der Waals surface area (Å²) in [4.78, 5) is 19.1. The number of hydrogen-bond acceptors (Lipinski definition) is 4. The van der Waals surface area contributed by atoms with Crippen molar-refractivity contribution in [3.8, 4) is 0 Å². The van der Waals surface area contributed by atoms with Crippen LogP contribution in [0.2, 0.25) is 0 Å². The number of aliphatic imine (C=N–C) groups is 1. The number of amides is 1. The normalized spacial score (nSPS) is 18.6. The number of likely N-dealkylation sites (tertiary alicyclic amines) is 1. The lowest BCUT2D eigenvalue weighted by atomic mass is 9.98. The van der Waals surface area contributed by atoms with Crippen LogP contribution < -0.4 is 10.6 Å². The zero-order valence-electron chi connectivity index (χ0n) is 20.7. The quantitative estimate of drug-likeness (QED) is 0.531. The molecule has 2 atom stereocenters. The molecule has 0 aromatic carbocycles. The fourth-order valence-corrected chi connectivity index (χ4v) is 3.95. The summed E-state index contributed by atoms with van der Waals surface area (Å²) in [5, 5.41) is 11.4. The van der Waals surface area contributed by atoms with Crippen LogP contribution in [0.4, 0.5) is 4.79 Å². The van der Waals surface area contributed by atoms with Crippen LogP contribution in [-0.2, 0) is 18.2 Å². The Labute approximate surface area is 187 Å².